The van der Waals surface area contributed by atoms with E-state index in [1.807, 2.05) is 0 Å². The summed E-state index contributed by atoms with van der Waals surface area (Å²) in [6.07, 6.45) is 24.3. The number of rotatable bonds is 18. The van der Waals surface area contributed by atoms with Crippen LogP contribution >= 0.6 is 0 Å². The molecule has 22 heavy (non-hydrogen) atoms. The maximum Gasteiger partial charge on any atom is -0.00773 e. The molecule has 0 aromatic carbocycles. The van der Waals surface area contributed by atoms with Crippen molar-refractivity contribution in [3.8, 4) is 0 Å². The molecule has 0 bridgehead atoms. The average Bonchev–Trinajstić information content (AvgIpc) is 2.51. The van der Waals surface area contributed by atoms with Crippen LogP contribution in [-0.2, 0) is 0 Å². The van der Waals surface area contributed by atoms with Crippen LogP contribution in [0.3, 0.4) is 0 Å². The third-order valence-electron chi connectivity index (χ3n) is 4.93. The lowest BCUT2D eigenvalue weighted by atomic mass is 9.98. The summed E-state index contributed by atoms with van der Waals surface area (Å²) in [6.45, 7) is 5.60. The third kappa shape index (κ3) is 18.0. The van der Waals surface area contributed by atoms with Gasteiger partial charge in [0.1, 0.15) is 0 Å². The highest BCUT2D eigenvalue weighted by Crippen LogP contribution is 2.16. The van der Waals surface area contributed by atoms with Crippen LogP contribution in [0.15, 0.2) is 0 Å². The third-order valence-corrected chi connectivity index (χ3v) is 4.93. The van der Waals surface area contributed by atoms with Gasteiger partial charge < -0.3 is 5.73 Å². The normalized spacial score (nSPS) is 12.7. The minimum Gasteiger partial charge on any atom is -0.330 e. The lowest BCUT2D eigenvalue weighted by Gasteiger charge is -2.09. The van der Waals surface area contributed by atoms with Gasteiger partial charge in [0.25, 0.3) is 0 Å². The summed E-state index contributed by atoms with van der Waals surface area (Å²) < 4.78 is 0. The van der Waals surface area contributed by atoms with Crippen molar-refractivity contribution in [2.75, 3.05) is 6.54 Å². The summed E-state index contributed by atoms with van der Waals surface area (Å²) in [5, 5.41) is 0. The predicted octanol–water partition coefficient (Wildman–Crippen LogP) is 7.23. The molecule has 134 valence electrons. The van der Waals surface area contributed by atoms with Crippen LogP contribution in [0.2, 0.25) is 0 Å². The molecule has 1 atom stereocenters. The van der Waals surface area contributed by atoms with E-state index in [2.05, 4.69) is 13.8 Å². The van der Waals surface area contributed by atoms with Crippen molar-refractivity contribution in [1.29, 1.82) is 0 Å². The Morgan fingerprint density at radius 2 is 0.909 bits per heavy atom. The van der Waals surface area contributed by atoms with Crippen molar-refractivity contribution in [2.24, 2.45) is 11.7 Å². The van der Waals surface area contributed by atoms with Gasteiger partial charge in [0, 0.05) is 0 Å². The molecule has 0 saturated carbocycles. The predicted molar refractivity (Wildman–Crippen MR) is 102 cm³/mol. The fourth-order valence-electron chi connectivity index (χ4n) is 3.40. The molecular weight excluding hydrogens is 266 g/mol. The van der Waals surface area contributed by atoms with Gasteiger partial charge in [-0.2, -0.15) is 0 Å². The minimum atomic E-state index is 0.873. The zero-order valence-corrected chi connectivity index (χ0v) is 15.9. The summed E-state index contributed by atoms with van der Waals surface area (Å²) in [4.78, 5) is 0. The first kappa shape index (κ1) is 22.0. The Morgan fingerprint density at radius 3 is 1.27 bits per heavy atom. The summed E-state index contributed by atoms with van der Waals surface area (Å²) >= 11 is 0. The number of hydrogen-bond donors (Lipinski definition) is 1. The maximum absolute atomic E-state index is 5.50. The van der Waals surface area contributed by atoms with Crippen LogP contribution in [0.25, 0.3) is 0 Å². The minimum absolute atomic E-state index is 0.873. The molecule has 0 saturated heterocycles. The first-order chi connectivity index (χ1) is 10.8. The zero-order chi connectivity index (χ0) is 16.3. The summed E-state index contributed by atoms with van der Waals surface area (Å²) in [5.74, 6) is 0.959. The van der Waals surface area contributed by atoms with Crippen molar-refractivity contribution in [3.05, 3.63) is 0 Å². The second-order valence-electron chi connectivity index (χ2n) is 7.42. The molecule has 0 aliphatic rings. The topological polar surface area (TPSA) is 26.0 Å². The second kappa shape index (κ2) is 19.0. The Morgan fingerprint density at radius 1 is 0.545 bits per heavy atom. The largest absolute Gasteiger partial charge is 0.330 e. The monoisotopic (exact) mass is 311 g/mol. The number of unbranched alkanes of at least 4 members (excludes halogenated alkanes) is 13. The van der Waals surface area contributed by atoms with Gasteiger partial charge in [-0.15, -0.1) is 0 Å². The molecule has 0 aromatic heterocycles. The second-order valence-corrected chi connectivity index (χ2v) is 7.42. The van der Waals surface area contributed by atoms with Gasteiger partial charge in [-0.05, 0) is 18.9 Å². The molecule has 0 amide bonds. The van der Waals surface area contributed by atoms with Gasteiger partial charge in [0.05, 0.1) is 0 Å². The van der Waals surface area contributed by atoms with E-state index in [9.17, 15) is 0 Å². The van der Waals surface area contributed by atoms with Crippen molar-refractivity contribution in [2.45, 2.75) is 123 Å². The fraction of sp³-hybridized carbons (Fsp3) is 1.00. The van der Waals surface area contributed by atoms with Gasteiger partial charge in [-0.25, -0.2) is 0 Å². The zero-order valence-electron chi connectivity index (χ0n) is 15.9. The molecule has 1 unspecified atom stereocenters. The van der Waals surface area contributed by atoms with Gasteiger partial charge in [0.2, 0.25) is 0 Å². The van der Waals surface area contributed by atoms with Crippen LogP contribution in [0.1, 0.15) is 123 Å². The molecule has 0 fully saturated rings. The highest BCUT2D eigenvalue weighted by atomic mass is 14.5. The highest BCUT2D eigenvalue weighted by Gasteiger charge is 2.00. The Kier molecular flexibility index (Phi) is 19.0. The van der Waals surface area contributed by atoms with Gasteiger partial charge in [-0.3, -0.25) is 0 Å². The van der Waals surface area contributed by atoms with E-state index in [0.717, 1.165) is 12.5 Å². The Labute approximate surface area is 141 Å². The Bertz CT molecular complexity index is 190. The Balaban J connectivity index is 3.00. The lowest BCUT2D eigenvalue weighted by Crippen LogP contribution is -1.97. The molecule has 0 aliphatic carbocycles. The van der Waals surface area contributed by atoms with E-state index in [1.54, 1.807) is 0 Å². The molecule has 0 aliphatic heterocycles. The molecule has 1 nitrogen and oxygen atoms in total. The number of nitrogens with two attached hydrogens (primary N) is 1. The van der Waals surface area contributed by atoms with E-state index in [4.69, 9.17) is 5.73 Å². The van der Waals surface area contributed by atoms with Crippen molar-refractivity contribution < 1.29 is 0 Å². The maximum atomic E-state index is 5.50. The Hall–Kier alpha value is -0.0400. The molecule has 2 N–H and O–H groups in total. The molecule has 0 rings (SSSR count). The average molecular weight is 312 g/mol. The van der Waals surface area contributed by atoms with E-state index in [1.165, 1.54) is 109 Å². The number of hydrogen-bond acceptors (Lipinski definition) is 1. The smallest absolute Gasteiger partial charge is 0.00773 e. The van der Waals surface area contributed by atoms with Crippen LogP contribution < -0.4 is 5.73 Å². The van der Waals surface area contributed by atoms with Gasteiger partial charge >= 0.3 is 0 Å². The fourth-order valence-corrected chi connectivity index (χ4v) is 3.40. The van der Waals surface area contributed by atoms with Crippen molar-refractivity contribution in [1.82, 2.24) is 0 Å². The highest BCUT2D eigenvalue weighted by molar-refractivity contribution is 4.54. The van der Waals surface area contributed by atoms with E-state index in [0.29, 0.717) is 0 Å². The summed E-state index contributed by atoms with van der Waals surface area (Å²) in [7, 11) is 0. The summed E-state index contributed by atoms with van der Waals surface area (Å²) in [6, 6.07) is 0. The van der Waals surface area contributed by atoms with Gasteiger partial charge in [0.15, 0.2) is 0 Å². The molecule has 0 spiro atoms. The lowest BCUT2D eigenvalue weighted by molar-refractivity contribution is 0.450. The molecule has 0 heterocycles. The quantitative estimate of drug-likeness (QED) is 0.265. The molecule has 0 aromatic rings. The first-order valence-electron chi connectivity index (χ1n) is 10.5. The van der Waals surface area contributed by atoms with E-state index in [-0.39, 0.29) is 0 Å². The van der Waals surface area contributed by atoms with Crippen LogP contribution in [-0.4, -0.2) is 6.54 Å². The molecule has 1 heteroatoms. The summed E-state index contributed by atoms with van der Waals surface area (Å²) in [5.41, 5.74) is 5.50. The van der Waals surface area contributed by atoms with Crippen molar-refractivity contribution >= 4 is 0 Å². The SMILES string of the molecule is CCCC(C)CCCCCCCCCCCCCCCCN. The van der Waals surface area contributed by atoms with Crippen LogP contribution in [0.5, 0.6) is 0 Å². The van der Waals surface area contributed by atoms with Crippen LogP contribution in [0.4, 0.5) is 0 Å². The van der Waals surface area contributed by atoms with Crippen LogP contribution in [0, 0.1) is 5.92 Å². The van der Waals surface area contributed by atoms with Crippen molar-refractivity contribution in [3.63, 3.8) is 0 Å². The van der Waals surface area contributed by atoms with E-state index >= 15 is 0 Å². The van der Waals surface area contributed by atoms with E-state index < -0.39 is 0 Å². The molecular formula is C21H45N. The van der Waals surface area contributed by atoms with Gasteiger partial charge in [-0.1, -0.05) is 117 Å². The first-order valence-corrected chi connectivity index (χ1v) is 10.5. The molecule has 0 radical (unpaired) electrons. The standard InChI is InChI=1S/C21H45N/c1-3-18-21(2)19-16-14-12-10-8-6-4-5-7-9-11-13-15-17-20-22/h21H,3-20,22H2,1-2H3.